The maximum absolute atomic E-state index is 11.4. The summed E-state index contributed by atoms with van der Waals surface area (Å²) in [6, 6.07) is -0.301. The lowest BCUT2D eigenvalue weighted by Crippen LogP contribution is -2.34. The highest BCUT2D eigenvalue weighted by molar-refractivity contribution is 5.82. The quantitative estimate of drug-likeness (QED) is 0.675. The number of hydrogen-bond donors (Lipinski definition) is 2. The lowest BCUT2D eigenvalue weighted by atomic mass is 9.92. The third-order valence-corrected chi connectivity index (χ3v) is 2.34. The minimum absolute atomic E-state index is 0.0129. The molecule has 0 radical (unpaired) electrons. The molecule has 0 bridgehead atoms. The van der Waals surface area contributed by atoms with Gasteiger partial charge in [-0.15, -0.1) is 6.42 Å². The molecule has 86 valence electrons. The second-order valence-electron chi connectivity index (χ2n) is 4.28. The van der Waals surface area contributed by atoms with Crippen LogP contribution in [-0.4, -0.2) is 17.5 Å². The summed E-state index contributed by atoms with van der Waals surface area (Å²) in [5, 5.41) is 2.91. The summed E-state index contributed by atoms with van der Waals surface area (Å²) in [6.07, 6.45) is 6.57. The minimum Gasteiger partial charge on any atom is -0.351 e. The van der Waals surface area contributed by atoms with E-state index in [-0.39, 0.29) is 23.4 Å². The van der Waals surface area contributed by atoms with Gasteiger partial charge in [0.25, 0.3) is 0 Å². The molecule has 1 aliphatic heterocycles. The first-order valence-electron chi connectivity index (χ1n) is 5.48. The molecule has 3 nitrogen and oxygen atoms in total. The minimum atomic E-state index is -0.301. The molecular formula is C12H22N2O. The molecule has 2 atom stereocenters. The van der Waals surface area contributed by atoms with E-state index in [1.54, 1.807) is 0 Å². The first kappa shape index (κ1) is 14.0. The van der Waals surface area contributed by atoms with Crippen molar-refractivity contribution in [3.05, 3.63) is 0 Å². The number of terminal acetylenes is 1. The summed E-state index contributed by atoms with van der Waals surface area (Å²) in [5.74, 6) is 2.50. The first-order valence-corrected chi connectivity index (χ1v) is 5.48. The van der Waals surface area contributed by atoms with E-state index in [0.29, 0.717) is 6.42 Å². The highest BCUT2D eigenvalue weighted by atomic mass is 16.2. The van der Waals surface area contributed by atoms with E-state index in [1.165, 1.54) is 0 Å². The Morgan fingerprint density at radius 2 is 2.20 bits per heavy atom. The predicted molar refractivity (Wildman–Crippen MR) is 63.1 cm³/mol. The van der Waals surface area contributed by atoms with Crippen LogP contribution < -0.4 is 11.1 Å². The molecule has 15 heavy (non-hydrogen) atoms. The Kier molecular flexibility index (Phi) is 5.38. The van der Waals surface area contributed by atoms with Crippen molar-refractivity contribution in [1.29, 1.82) is 0 Å². The highest BCUT2D eigenvalue weighted by Gasteiger charge is 2.37. The van der Waals surface area contributed by atoms with Gasteiger partial charge in [-0.3, -0.25) is 4.79 Å². The Morgan fingerprint density at radius 1 is 1.67 bits per heavy atom. The van der Waals surface area contributed by atoms with Gasteiger partial charge < -0.3 is 11.1 Å². The summed E-state index contributed by atoms with van der Waals surface area (Å²) in [5.41, 5.74) is 5.49. The average molecular weight is 210 g/mol. The van der Waals surface area contributed by atoms with Gasteiger partial charge in [-0.2, -0.15) is 0 Å². The van der Waals surface area contributed by atoms with Gasteiger partial charge in [0, 0.05) is 11.5 Å². The van der Waals surface area contributed by atoms with E-state index >= 15 is 0 Å². The average Bonchev–Trinajstić information content (AvgIpc) is 2.43. The zero-order valence-electron chi connectivity index (χ0n) is 10.1. The smallest absolute Gasteiger partial charge is 0.223 e. The van der Waals surface area contributed by atoms with Crippen molar-refractivity contribution in [1.82, 2.24) is 5.32 Å². The standard InChI is InChI=1S/C10H16N2O.C2H6/c1-4-8(11)5-7-6-10(2,3)12-9(7)13;1-2/h1,7-8H,5-6,11H2,2-3H3,(H,12,13);1-2H3. The zero-order valence-corrected chi connectivity index (χ0v) is 10.1. The summed E-state index contributed by atoms with van der Waals surface area (Å²) in [4.78, 5) is 11.4. The lowest BCUT2D eigenvalue weighted by molar-refractivity contribution is -0.123. The molecule has 1 heterocycles. The summed E-state index contributed by atoms with van der Waals surface area (Å²) in [6.45, 7) is 8.01. The first-order chi connectivity index (χ1) is 6.94. The molecule has 0 saturated carbocycles. The largest absolute Gasteiger partial charge is 0.351 e. The summed E-state index contributed by atoms with van der Waals surface area (Å²) < 4.78 is 0. The molecule has 0 spiro atoms. The third kappa shape index (κ3) is 4.35. The van der Waals surface area contributed by atoms with E-state index in [0.717, 1.165) is 6.42 Å². The Labute approximate surface area is 92.8 Å². The van der Waals surface area contributed by atoms with E-state index < -0.39 is 0 Å². The zero-order chi connectivity index (χ0) is 12.1. The highest BCUT2D eigenvalue weighted by Crippen LogP contribution is 2.27. The molecule has 3 heteroatoms. The molecule has 1 amide bonds. The van der Waals surface area contributed by atoms with Crippen molar-refractivity contribution in [2.45, 2.75) is 52.1 Å². The molecule has 1 saturated heterocycles. The van der Waals surface area contributed by atoms with Gasteiger partial charge in [0.1, 0.15) is 0 Å². The van der Waals surface area contributed by atoms with E-state index in [9.17, 15) is 4.79 Å². The molecule has 1 rings (SSSR count). The van der Waals surface area contributed by atoms with Gasteiger partial charge in [-0.25, -0.2) is 0 Å². The summed E-state index contributed by atoms with van der Waals surface area (Å²) in [7, 11) is 0. The van der Waals surface area contributed by atoms with Crippen molar-refractivity contribution in [2.75, 3.05) is 0 Å². The fourth-order valence-electron chi connectivity index (χ4n) is 1.76. The van der Waals surface area contributed by atoms with Crippen molar-refractivity contribution in [3.63, 3.8) is 0 Å². The predicted octanol–water partition coefficient (Wildman–Crippen LogP) is 1.28. The van der Waals surface area contributed by atoms with Crippen molar-refractivity contribution < 1.29 is 4.79 Å². The Hall–Kier alpha value is -1.01. The molecule has 0 aromatic carbocycles. The molecule has 1 aliphatic rings. The van der Waals surface area contributed by atoms with Crippen LogP contribution in [0.2, 0.25) is 0 Å². The second kappa shape index (κ2) is 5.77. The monoisotopic (exact) mass is 210 g/mol. The van der Waals surface area contributed by atoms with Crippen LogP contribution >= 0.6 is 0 Å². The second-order valence-corrected chi connectivity index (χ2v) is 4.28. The van der Waals surface area contributed by atoms with E-state index in [1.807, 2.05) is 27.7 Å². The SMILES string of the molecule is C#CC(N)CC1CC(C)(C)NC1=O.CC. The van der Waals surface area contributed by atoms with Gasteiger partial charge in [-0.05, 0) is 26.7 Å². The molecular weight excluding hydrogens is 188 g/mol. The molecule has 0 aromatic rings. The Bertz CT molecular complexity index is 253. The van der Waals surface area contributed by atoms with Gasteiger partial charge in [0.05, 0.1) is 6.04 Å². The van der Waals surface area contributed by atoms with Crippen LogP contribution in [0, 0.1) is 18.3 Å². The molecule has 3 N–H and O–H groups in total. The number of amides is 1. The normalized spacial score (nSPS) is 24.5. The molecule has 2 unspecified atom stereocenters. The third-order valence-electron chi connectivity index (χ3n) is 2.34. The van der Waals surface area contributed by atoms with E-state index in [4.69, 9.17) is 12.2 Å². The van der Waals surface area contributed by atoms with Gasteiger partial charge in [-0.1, -0.05) is 19.8 Å². The number of carbonyl (C=O) groups excluding carboxylic acids is 1. The van der Waals surface area contributed by atoms with Crippen LogP contribution in [0.5, 0.6) is 0 Å². The maximum Gasteiger partial charge on any atom is 0.223 e. The number of hydrogen-bond acceptors (Lipinski definition) is 2. The Balaban J connectivity index is 0.000000921. The topological polar surface area (TPSA) is 55.1 Å². The van der Waals surface area contributed by atoms with Crippen LogP contribution in [0.4, 0.5) is 0 Å². The van der Waals surface area contributed by atoms with Gasteiger partial charge >= 0.3 is 0 Å². The lowest BCUT2D eigenvalue weighted by Gasteiger charge is -2.16. The van der Waals surface area contributed by atoms with Crippen molar-refractivity contribution in [3.8, 4) is 12.3 Å². The van der Waals surface area contributed by atoms with Crippen LogP contribution in [0.3, 0.4) is 0 Å². The fourth-order valence-corrected chi connectivity index (χ4v) is 1.76. The number of carbonyl (C=O) groups is 1. The fraction of sp³-hybridized carbons (Fsp3) is 0.750. The molecule has 1 fully saturated rings. The van der Waals surface area contributed by atoms with Gasteiger partial charge in [0.15, 0.2) is 0 Å². The van der Waals surface area contributed by atoms with Crippen LogP contribution in [0.1, 0.15) is 40.5 Å². The van der Waals surface area contributed by atoms with Crippen LogP contribution in [0.15, 0.2) is 0 Å². The van der Waals surface area contributed by atoms with Crippen LogP contribution in [-0.2, 0) is 4.79 Å². The molecule has 0 aliphatic carbocycles. The van der Waals surface area contributed by atoms with Gasteiger partial charge in [0.2, 0.25) is 5.91 Å². The van der Waals surface area contributed by atoms with Crippen LogP contribution in [0.25, 0.3) is 0 Å². The maximum atomic E-state index is 11.4. The summed E-state index contributed by atoms with van der Waals surface area (Å²) >= 11 is 0. The van der Waals surface area contributed by atoms with Crippen molar-refractivity contribution >= 4 is 5.91 Å². The number of nitrogens with two attached hydrogens (primary N) is 1. The molecule has 0 aromatic heterocycles. The number of rotatable bonds is 2. The number of nitrogens with one attached hydrogen (secondary N) is 1. The van der Waals surface area contributed by atoms with Crippen molar-refractivity contribution in [2.24, 2.45) is 11.7 Å². The Morgan fingerprint density at radius 3 is 2.53 bits per heavy atom. The van der Waals surface area contributed by atoms with E-state index in [2.05, 4.69) is 11.2 Å².